The summed E-state index contributed by atoms with van der Waals surface area (Å²) < 4.78 is 0. The predicted molar refractivity (Wildman–Crippen MR) is 104 cm³/mol. The number of amides is 1. The van der Waals surface area contributed by atoms with Gasteiger partial charge in [-0.05, 0) is 49.6 Å². The molecule has 0 N–H and O–H groups in total. The minimum Gasteiger partial charge on any atom is -0.335 e. The maximum Gasteiger partial charge on any atom is 0.254 e. The summed E-state index contributed by atoms with van der Waals surface area (Å²) in [5.41, 5.74) is 6.65. The summed E-state index contributed by atoms with van der Waals surface area (Å²) in [6.45, 7) is 5.26. The lowest BCUT2D eigenvalue weighted by Gasteiger charge is -2.27. The highest BCUT2D eigenvalue weighted by Crippen LogP contribution is 2.23. The Balaban J connectivity index is 1.56. The van der Waals surface area contributed by atoms with E-state index in [0.717, 1.165) is 35.4 Å². The van der Waals surface area contributed by atoms with Crippen molar-refractivity contribution in [2.75, 3.05) is 13.1 Å². The van der Waals surface area contributed by atoms with Crippen molar-refractivity contribution in [3.05, 3.63) is 77.1 Å². The van der Waals surface area contributed by atoms with Crippen LogP contribution in [-0.2, 0) is 0 Å². The van der Waals surface area contributed by atoms with Crippen LogP contribution in [0.3, 0.4) is 0 Å². The summed E-state index contributed by atoms with van der Waals surface area (Å²) >= 11 is 0. The Kier molecular flexibility index (Phi) is 4.25. The topological polar surface area (TPSA) is 46.1 Å². The summed E-state index contributed by atoms with van der Waals surface area (Å²) in [5.74, 6) is 0.0512. The quantitative estimate of drug-likeness (QED) is 0.701. The van der Waals surface area contributed by atoms with Gasteiger partial charge in [-0.1, -0.05) is 36.4 Å². The number of hydrogen-bond acceptors (Lipinski definition) is 3. The molecule has 2 aromatic carbocycles. The Labute approximate surface area is 153 Å². The molecule has 0 saturated heterocycles. The summed E-state index contributed by atoms with van der Waals surface area (Å²) in [7, 11) is 0. The van der Waals surface area contributed by atoms with Crippen LogP contribution in [0.2, 0.25) is 0 Å². The van der Waals surface area contributed by atoms with Crippen LogP contribution in [-0.4, -0.2) is 33.9 Å². The minimum atomic E-state index is 0.0512. The Morgan fingerprint density at radius 3 is 2.38 bits per heavy atom. The Hall–Kier alpha value is -3.01. The first-order valence-electron chi connectivity index (χ1n) is 8.90. The average molecular weight is 343 g/mol. The molecule has 26 heavy (non-hydrogen) atoms. The zero-order chi connectivity index (χ0) is 18.1. The largest absolute Gasteiger partial charge is 0.335 e. The summed E-state index contributed by atoms with van der Waals surface area (Å²) in [6, 6.07) is 16.0. The number of nitrogens with zero attached hydrogens (tertiary/aromatic N) is 3. The molecule has 1 aliphatic rings. The van der Waals surface area contributed by atoms with Crippen molar-refractivity contribution in [3.63, 3.8) is 0 Å². The zero-order valence-corrected chi connectivity index (χ0v) is 15.1. The van der Waals surface area contributed by atoms with Gasteiger partial charge in [0.1, 0.15) is 0 Å². The van der Waals surface area contributed by atoms with Crippen molar-refractivity contribution in [3.8, 4) is 0 Å². The van der Waals surface area contributed by atoms with Gasteiger partial charge in [0, 0.05) is 18.7 Å². The fourth-order valence-electron chi connectivity index (χ4n) is 3.31. The van der Waals surface area contributed by atoms with Crippen LogP contribution >= 0.6 is 0 Å². The highest BCUT2D eigenvalue weighted by Gasteiger charge is 2.20. The van der Waals surface area contributed by atoms with E-state index in [1.165, 1.54) is 11.1 Å². The van der Waals surface area contributed by atoms with Crippen molar-refractivity contribution < 1.29 is 4.79 Å². The van der Waals surface area contributed by atoms with Gasteiger partial charge in [-0.3, -0.25) is 4.79 Å². The Morgan fingerprint density at radius 2 is 1.69 bits per heavy atom. The van der Waals surface area contributed by atoms with Crippen molar-refractivity contribution >= 4 is 22.5 Å². The van der Waals surface area contributed by atoms with Crippen LogP contribution in [0.1, 0.15) is 33.7 Å². The number of fused-ring (bicyclic) bond motifs is 1. The molecular formula is C22H21N3O. The third kappa shape index (κ3) is 3.10. The van der Waals surface area contributed by atoms with Gasteiger partial charge in [-0.2, -0.15) is 0 Å². The number of carbonyl (C=O) groups is 1. The van der Waals surface area contributed by atoms with E-state index in [1.807, 2.05) is 55.1 Å². The molecule has 0 spiro atoms. The molecule has 0 fully saturated rings. The molecule has 4 nitrogen and oxygen atoms in total. The maximum atomic E-state index is 12.9. The van der Waals surface area contributed by atoms with Crippen LogP contribution in [0.5, 0.6) is 0 Å². The Bertz CT molecular complexity index is 1010. The molecule has 0 radical (unpaired) electrons. The number of hydrogen-bond donors (Lipinski definition) is 0. The molecule has 1 aliphatic heterocycles. The third-order valence-corrected chi connectivity index (χ3v) is 4.96. The second kappa shape index (κ2) is 6.71. The smallest absolute Gasteiger partial charge is 0.254 e. The van der Waals surface area contributed by atoms with Gasteiger partial charge in [-0.15, -0.1) is 0 Å². The molecule has 0 unspecified atom stereocenters. The SMILES string of the molecule is Cc1nc2ccc(C(=O)N3CC=C(c4ccccc4)CC3)cc2nc1C. The fourth-order valence-corrected chi connectivity index (χ4v) is 3.31. The molecule has 130 valence electrons. The molecule has 0 atom stereocenters. The highest BCUT2D eigenvalue weighted by atomic mass is 16.2. The molecular weight excluding hydrogens is 322 g/mol. The van der Waals surface area contributed by atoms with Gasteiger partial charge < -0.3 is 4.90 Å². The standard InChI is InChI=1S/C22H21N3O/c1-15-16(2)24-21-14-19(8-9-20(21)23-15)22(26)25-12-10-18(11-13-25)17-6-4-3-5-7-17/h3-10,14H,11-13H2,1-2H3. The van der Waals surface area contributed by atoms with Crippen molar-refractivity contribution in [1.29, 1.82) is 0 Å². The number of aryl methyl sites for hydroxylation is 2. The number of aromatic nitrogens is 2. The van der Waals surface area contributed by atoms with Crippen LogP contribution in [0.4, 0.5) is 0 Å². The Morgan fingerprint density at radius 1 is 0.962 bits per heavy atom. The van der Waals surface area contributed by atoms with Crippen LogP contribution in [0.25, 0.3) is 16.6 Å². The molecule has 1 amide bonds. The van der Waals surface area contributed by atoms with Crippen LogP contribution in [0.15, 0.2) is 54.6 Å². The molecule has 4 rings (SSSR count). The summed E-state index contributed by atoms with van der Waals surface area (Å²) in [6.07, 6.45) is 3.03. The first kappa shape index (κ1) is 16.5. The molecule has 0 saturated carbocycles. The van der Waals surface area contributed by atoms with E-state index in [1.54, 1.807) is 0 Å². The van der Waals surface area contributed by atoms with Gasteiger partial charge in [0.05, 0.1) is 22.4 Å². The molecule has 2 heterocycles. The lowest BCUT2D eigenvalue weighted by Crippen LogP contribution is -2.34. The average Bonchev–Trinajstić information content (AvgIpc) is 2.69. The molecule has 3 aromatic rings. The van der Waals surface area contributed by atoms with E-state index >= 15 is 0 Å². The molecule has 1 aromatic heterocycles. The number of benzene rings is 2. The lowest BCUT2D eigenvalue weighted by atomic mass is 9.99. The first-order chi connectivity index (χ1) is 12.6. The number of carbonyl (C=O) groups excluding carboxylic acids is 1. The van der Waals surface area contributed by atoms with Gasteiger partial charge >= 0.3 is 0 Å². The van der Waals surface area contributed by atoms with Gasteiger partial charge in [0.2, 0.25) is 0 Å². The molecule has 0 bridgehead atoms. The van der Waals surface area contributed by atoms with E-state index < -0.39 is 0 Å². The molecule has 0 aliphatic carbocycles. The second-order valence-electron chi connectivity index (χ2n) is 6.69. The zero-order valence-electron chi connectivity index (χ0n) is 15.1. The fraction of sp³-hybridized carbons (Fsp3) is 0.227. The van der Waals surface area contributed by atoms with Crippen molar-refractivity contribution in [2.24, 2.45) is 0 Å². The third-order valence-electron chi connectivity index (χ3n) is 4.96. The van der Waals surface area contributed by atoms with Crippen molar-refractivity contribution in [2.45, 2.75) is 20.3 Å². The summed E-state index contributed by atoms with van der Waals surface area (Å²) in [5, 5.41) is 0. The lowest BCUT2D eigenvalue weighted by molar-refractivity contribution is 0.0773. The normalized spacial score (nSPS) is 14.4. The van der Waals surface area contributed by atoms with Crippen LogP contribution < -0.4 is 0 Å². The van der Waals surface area contributed by atoms with E-state index in [9.17, 15) is 4.79 Å². The van der Waals surface area contributed by atoms with E-state index in [4.69, 9.17) is 0 Å². The first-order valence-corrected chi connectivity index (χ1v) is 8.90. The minimum absolute atomic E-state index is 0.0512. The van der Waals surface area contributed by atoms with E-state index in [-0.39, 0.29) is 5.91 Å². The second-order valence-corrected chi connectivity index (χ2v) is 6.69. The van der Waals surface area contributed by atoms with E-state index in [0.29, 0.717) is 12.1 Å². The highest BCUT2D eigenvalue weighted by molar-refractivity contribution is 5.97. The maximum absolute atomic E-state index is 12.9. The monoisotopic (exact) mass is 343 g/mol. The predicted octanol–water partition coefficient (Wildman–Crippen LogP) is 4.18. The van der Waals surface area contributed by atoms with Gasteiger partial charge in [0.15, 0.2) is 0 Å². The van der Waals surface area contributed by atoms with Gasteiger partial charge in [0.25, 0.3) is 5.91 Å². The van der Waals surface area contributed by atoms with Crippen LogP contribution in [0, 0.1) is 13.8 Å². The molecule has 4 heteroatoms. The van der Waals surface area contributed by atoms with E-state index in [2.05, 4.69) is 28.2 Å². The summed E-state index contributed by atoms with van der Waals surface area (Å²) in [4.78, 5) is 23.9. The van der Waals surface area contributed by atoms with Crippen molar-refractivity contribution in [1.82, 2.24) is 14.9 Å². The number of rotatable bonds is 2. The van der Waals surface area contributed by atoms with Gasteiger partial charge in [-0.25, -0.2) is 9.97 Å².